The van der Waals surface area contributed by atoms with Crippen molar-refractivity contribution in [1.82, 2.24) is 4.31 Å². The van der Waals surface area contributed by atoms with Gasteiger partial charge in [-0.1, -0.05) is 0 Å². The quantitative estimate of drug-likeness (QED) is 0.431. The first-order valence-electron chi connectivity index (χ1n) is 8.39. The zero-order chi connectivity index (χ0) is 21.0. The molecule has 9 nitrogen and oxygen atoms in total. The third-order valence-electron chi connectivity index (χ3n) is 4.12. The van der Waals surface area contributed by atoms with Crippen LogP contribution >= 0.6 is 0 Å². The number of nitrogens with zero attached hydrogens (tertiary/aromatic N) is 3. The van der Waals surface area contributed by atoms with E-state index in [9.17, 15) is 27.3 Å². The molecule has 0 unspecified atom stereocenters. The van der Waals surface area contributed by atoms with E-state index in [-0.39, 0.29) is 42.4 Å². The smallest absolute Gasteiger partial charge is 0.270 e. The van der Waals surface area contributed by atoms with E-state index < -0.39 is 32.3 Å². The summed E-state index contributed by atoms with van der Waals surface area (Å²) in [5.74, 6) is -1.60. The van der Waals surface area contributed by atoms with Crippen molar-refractivity contribution >= 4 is 27.6 Å². The summed E-state index contributed by atoms with van der Waals surface area (Å²) in [5, 5.41) is 14.9. The van der Waals surface area contributed by atoms with Gasteiger partial charge in [-0.15, -0.1) is 0 Å². The lowest BCUT2D eigenvalue weighted by atomic mass is 10.2. The second-order valence-electron chi connectivity index (χ2n) is 5.99. The van der Waals surface area contributed by atoms with Crippen molar-refractivity contribution in [2.45, 2.75) is 4.90 Å². The van der Waals surface area contributed by atoms with Gasteiger partial charge in [0.25, 0.3) is 5.69 Å². The molecule has 2 aromatic carbocycles. The number of nitro benzene ring substituents is 1. The highest BCUT2D eigenvalue weighted by atomic mass is 32.2. The summed E-state index contributed by atoms with van der Waals surface area (Å²) in [4.78, 5) is 10.0. The summed E-state index contributed by atoms with van der Waals surface area (Å²) in [6.07, 6.45) is 1.04. The number of hydrogen-bond donors (Lipinski definition) is 1. The second-order valence-corrected chi connectivity index (χ2v) is 7.90. The van der Waals surface area contributed by atoms with Crippen LogP contribution in [0.2, 0.25) is 0 Å². The maximum atomic E-state index is 13.7. The number of morpholine rings is 1. The summed E-state index contributed by atoms with van der Waals surface area (Å²) in [7, 11) is -4.07. The predicted octanol–water partition coefficient (Wildman–Crippen LogP) is 2.34. The van der Waals surface area contributed by atoms with Gasteiger partial charge in [-0.25, -0.2) is 17.2 Å². The molecule has 1 aliphatic heterocycles. The maximum Gasteiger partial charge on any atom is 0.270 e. The van der Waals surface area contributed by atoms with Crippen LogP contribution in [0.5, 0.6) is 0 Å². The molecule has 12 heteroatoms. The van der Waals surface area contributed by atoms with Gasteiger partial charge in [0.2, 0.25) is 10.0 Å². The van der Waals surface area contributed by atoms with Crippen LogP contribution in [0.25, 0.3) is 0 Å². The highest BCUT2D eigenvalue weighted by molar-refractivity contribution is 7.89. The second kappa shape index (κ2) is 8.59. The van der Waals surface area contributed by atoms with Crippen molar-refractivity contribution < 1.29 is 26.9 Å². The Balaban J connectivity index is 1.93. The van der Waals surface area contributed by atoms with E-state index in [0.29, 0.717) is 6.07 Å². The number of hydrazone groups is 1. The van der Waals surface area contributed by atoms with Crippen LogP contribution in [0.3, 0.4) is 0 Å². The van der Waals surface area contributed by atoms with Crippen molar-refractivity contribution in [1.29, 1.82) is 0 Å². The van der Waals surface area contributed by atoms with Crippen LogP contribution in [0.1, 0.15) is 5.56 Å². The number of non-ortho nitro benzene ring substituents is 1. The molecule has 0 radical (unpaired) electrons. The molecule has 154 valence electrons. The number of sulfonamides is 1. The molecule has 1 heterocycles. The van der Waals surface area contributed by atoms with Gasteiger partial charge >= 0.3 is 0 Å². The van der Waals surface area contributed by atoms with E-state index in [4.69, 9.17) is 4.74 Å². The molecule has 0 aromatic heterocycles. The van der Waals surface area contributed by atoms with Crippen molar-refractivity contribution in [3.63, 3.8) is 0 Å². The third-order valence-corrected chi connectivity index (χ3v) is 6.05. The molecule has 29 heavy (non-hydrogen) atoms. The Hall–Kier alpha value is -2.96. The molecular formula is C17H16F2N4O5S. The van der Waals surface area contributed by atoms with Crippen molar-refractivity contribution in [2.24, 2.45) is 5.10 Å². The van der Waals surface area contributed by atoms with Gasteiger partial charge in [0.15, 0.2) is 0 Å². The molecule has 1 saturated heterocycles. The monoisotopic (exact) mass is 426 g/mol. The first-order chi connectivity index (χ1) is 13.8. The number of hydrogen-bond acceptors (Lipinski definition) is 7. The van der Waals surface area contributed by atoms with Gasteiger partial charge in [0.05, 0.1) is 30.0 Å². The molecule has 0 saturated carbocycles. The molecule has 1 aliphatic rings. The molecule has 3 rings (SSSR count). The predicted molar refractivity (Wildman–Crippen MR) is 100 cm³/mol. The summed E-state index contributed by atoms with van der Waals surface area (Å²) in [6, 6.07) is 6.14. The number of nitrogens with one attached hydrogen (secondary N) is 1. The molecule has 0 atom stereocenters. The average molecular weight is 426 g/mol. The fourth-order valence-corrected chi connectivity index (χ4v) is 4.20. The molecule has 2 aromatic rings. The van der Waals surface area contributed by atoms with Crippen molar-refractivity contribution in [2.75, 3.05) is 31.7 Å². The van der Waals surface area contributed by atoms with Gasteiger partial charge in [-0.3, -0.25) is 15.5 Å². The SMILES string of the molecule is O=[N+]([O-])c1ccc(N/N=C\c2ccc(F)cc2F)c(S(=O)(=O)N2CCOCC2)c1. The van der Waals surface area contributed by atoms with Gasteiger partial charge in [0, 0.05) is 36.9 Å². The lowest BCUT2D eigenvalue weighted by Gasteiger charge is -2.26. The Bertz CT molecular complexity index is 1060. The Morgan fingerprint density at radius 1 is 1.17 bits per heavy atom. The number of nitro groups is 1. The fourth-order valence-electron chi connectivity index (χ4n) is 2.63. The Morgan fingerprint density at radius 2 is 1.90 bits per heavy atom. The van der Waals surface area contributed by atoms with E-state index in [2.05, 4.69) is 10.5 Å². The molecule has 0 aliphatic carbocycles. The third kappa shape index (κ3) is 4.72. The van der Waals surface area contributed by atoms with Crippen LogP contribution in [0, 0.1) is 21.7 Å². The lowest BCUT2D eigenvalue weighted by molar-refractivity contribution is -0.385. The number of ether oxygens (including phenoxy) is 1. The van der Waals surface area contributed by atoms with Gasteiger partial charge < -0.3 is 4.74 Å². The number of rotatable bonds is 6. The number of benzene rings is 2. The summed E-state index contributed by atoms with van der Waals surface area (Å²) >= 11 is 0. The van der Waals surface area contributed by atoms with Crippen LogP contribution in [-0.2, 0) is 14.8 Å². The standard InChI is InChI=1S/C17H16F2N4O5S/c18-13-2-1-12(15(19)9-13)11-20-21-16-4-3-14(23(24)25)10-17(16)29(26,27)22-5-7-28-8-6-22/h1-4,9-11,21H,5-8H2/b20-11-. The molecule has 0 amide bonds. The Morgan fingerprint density at radius 3 is 2.55 bits per heavy atom. The van der Waals surface area contributed by atoms with Crippen LogP contribution in [0.15, 0.2) is 46.4 Å². The molecule has 1 fully saturated rings. The van der Waals surface area contributed by atoms with Gasteiger partial charge in [-0.05, 0) is 18.2 Å². The summed E-state index contributed by atoms with van der Waals surface area (Å²) in [5.41, 5.74) is 2.00. The summed E-state index contributed by atoms with van der Waals surface area (Å²) < 4.78 is 58.9. The van der Waals surface area contributed by atoms with Crippen LogP contribution in [0.4, 0.5) is 20.2 Å². The van der Waals surface area contributed by atoms with E-state index in [1.165, 1.54) is 6.07 Å². The van der Waals surface area contributed by atoms with Gasteiger partial charge in [0.1, 0.15) is 16.5 Å². The minimum absolute atomic E-state index is 0.0270. The van der Waals surface area contributed by atoms with Crippen LogP contribution in [-0.4, -0.2) is 50.2 Å². The number of halogens is 2. The first-order valence-corrected chi connectivity index (χ1v) is 9.83. The molecular weight excluding hydrogens is 410 g/mol. The van der Waals surface area contributed by atoms with E-state index in [1.807, 2.05) is 0 Å². The normalized spacial score (nSPS) is 15.5. The Labute approximate surface area is 164 Å². The Kier molecular flexibility index (Phi) is 6.15. The van der Waals surface area contributed by atoms with Gasteiger partial charge in [-0.2, -0.15) is 9.41 Å². The first kappa shape index (κ1) is 20.8. The summed E-state index contributed by atoms with van der Waals surface area (Å²) in [6.45, 7) is 0.626. The number of anilines is 1. The zero-order valence-corrected chi connectivity index (χ0v) is 15.7. The fraction of sp³-hybridized carbons (Fsp3) is 0.235. The molecule has 0 bridgehead atoms. The van der Waals surface area contributed by atoms with Crippen molar-refractivity contribution in [3.05, 3.63) is 63.7 Å². The van der Waals surface area contributed by atoms with Crippen LogP contribution < -0.4 is 5.43 Å². The van der Waals surface area contributed by atoms with E-state index in [0.717, 1.165) is 34.8 Å². The highest BCUT2D eigenvalue weighted by Gasteiger charge is 2.30. The molecule has 1 N–H and O–H groups in total. The van der Waals surface area contributed by atoms with E-state index >= 15 is 0 Å². The topological polar surface area (TPSA) is 114 Å². The zero-order valence-electron chi connectivity index (χ0n) is 14.9. The van der Waals surface area contributed by atoms with Crippen molar-refractivity contribution in [3.8, 4) is 0 Å². The molecule has 0 spiro atoms. The minimum atomic E-state index is -4.07. The average Bonchev–Trinajstić information content (AvgIpc) is 2.70. The lowest BCUT2D eigenvalue weighted by Crippen LogP contribution is -2.40. The van der Waals surface area contributed by atoms with E-state index in [1.54, 1.807) is 0 Å². The maximum absolute atomic E-state index is 13.7. The largest absolute Gasteiger partial charge is 0.379 e. The minimum Gasteiger partial charge on any atom is -0.379 e. The highest BCUT2D eigenvalue weighted by Crippen LogP contribution is 2.29.